The molecule has 1 unspecified atom stereocenters. The fourth-order valence-electron chi connectivity index (χ4n) is 1.67. The van der Waals surface area contributed by atoms with Gasteiger partial charge in [-0.1, -0.05) is 5.16 Å². The summed E-state index contributed by atoms with van der Waals surface area (Å²) in [7, 11) is 0. The summed E-state index contributed by atoms with van der Waals surface area (Å²) in [5.74, 6) is 1.58. The van der Waals surface area contributed by atoms with E-state index < -0.39 is 0 Å². The number of aliphatic hydroxyl groups is 1. The van der Waals surface area contributed by atoms with Crippen LogP contribution in [0.4, 0.5) is 0 Å². The monoisotopic (exact) mass is 236 g/mol. The molecule has 2 heterocycles. The molecule has 1 fully saturated rings. The van der Waals surface area contributed by atoms with Crippen LogP contribution in [0.3, 0.4) is 0 Å². The summed E-state index contributed by atoms with van der Waals surface area (Å²) < 4.78 is 5.12. The van der Waals surface area contributed by atoms with E-state index in [0.717, 1.165) is 18.4 Å². The molecule has 1 aliphatic carbocycles. The third kappa shape index (κ3) is 2.01. The predicted octanol–water partition coefficient (Wildman–Crippen LogP) is 2.11. The second kappa shape index (κ2) is 3.99. The maximum Gasteiger partial charge on any atom is 0.229 e. The van der Waals surface area contributed by atoms with Crippen LogP contribution in [0.25, 0.3) is 11.4 Å². The Morgan fingerprint density at radius 3 is 3.12 bits per heavy atom. The highest BCUT2D eigenvalue weighted by Crippen LogP contribution is 2.33. The van der Waals surface area contributed by atoms with Crippen molar-refractivity contribution in [3.63, 3.8) is 0 Å². The Bertz CT molecular complexity index is 462. The Balaban J connectivity index is 1.72. The molecule has 0 bridgehead atoms. The fraction of sp³-hybridized carbons (Fsp3) is 0.455. The average Bonchev–Trinajstić information content (AvgIpc) is 2.80. The van der Waals surface area contributed by atoms with Gasteiger partial charge in [-0.25, -0.2) is 0 Å². The summed E-state index contributed by atoms with van der Waals surface area (Å²) in [6.45, 7) is 0. The lowest BCUT2D eigenvalue weighted by Gasteiger charge is -2.03. The zero-order chi connectivity index (χ0) is 11.0. The Morgan fingerprint density at radius 2 is 2.44 bits per heavy atom. The summed E-state index contributed by atoms with van der Waals surface area (Å²) in [6, 6.07) is 1.95. The molecule has 5 heteroatoms. The molecule has 0 saturated heterocycles. The molecule has 2 aromatic rings. The molecule has 4 nitrogen and oxygen atoms in total. The molecule has 0 aromatic carbocycles. The van der Waals surface area contributed by atoms with Crippen molar-refractivity contribution in [1.82, 2.24) is 10.1 Å². The van der Waals surface area contributed by atoms with Gasteiger partial charge in [0.2, 0.25) is 11.7 Å². The number of aliphatic hydroxyl groups excluding tert-OH is 1. The largest absolute Gasteiger partial charge is 0.392 e. The Morgan fingerprint density at radius 1 is 1.56 bits per heavy atom. The molecule has 0 amide bonds. The molecule has 84 valence electrons. The first kappa shape index (κ1) is 9.99. The van der Waals surface area contributed by atoms with E-state index in [-0.39, 0.29) is 6.10 Å². The van der Waals surface area contributed by atoms with E-state index in [1.54, 1.807) is 11.3 Å². The van der Waals surface area contributed by atoms with Crippen LogP contribution >= 0.6 is 11.3 Å². The van der Waals surface area contributed by atoms with Gasteiger partial charge in [0.05, 0.1) is 12.5 Å². The number of rotatable bonds is 4. The zero-order valence-electron chi connectivity index (χ0n) is 8.67. The first-order chi connectivity index (χ1) is 7.83. The number of hydrogen-bond donors (Lipinski definition) is 1. The fourth-order valence-corrected chi connectivity index (χ4v) is 2.31. The van der Waals surface area contributed by atoms with Crippen molar-refractivity contribution in [2.75, 3.05) is 0 Å². The zero-order valence-corrected chi connectivity index (χ0v) is 9.48. The smallest absolute Gasteiger partial charge is 0.229 e. The molecule has 1 saturated carbocycles. The van der Waals surface area contributed by atoms with E-state index in [0.29, 0.717) is 24.1 Å². The lowest BCUT2D eigenvalue weighted by Crippen LogP contribution is -2.12. The van der Waals surface area contributed by atoms with Crippen molar-refractivity contribution in [3.05, 3.63) is 22.7 Å². The van der Waals surface area contributed by atoms with Gasteiger partial charge in [0.25, 0.3) is 0 Å². The third-order valence-electron chi connectivity index (χ3n) is 2.80. The van der Waals surface area contributed by atoms with Gasteiger partial charge in [0.15, 0.2) is 0 Å². The first-order valence-electron chi connectivity index (χ1n) is 5.36. The van der Waals surface area contributed by atoms with Crippen LogP contribution in [0, 0.1) is 5.92 Å². The molecule has 1 atom stereocenters. The van der Waals surface area contributed by atoms with Crippen LogP contribution in [0.5, 0.6) is 0 Å². The Kier molecular flexibility index (Phi) is 2.49. The summed E-state index contributed by atoms with van der Waals surface area (Å²) >= 11 is 1.60. The van der Waals surface area contributed by atoms with Crippen molar-refractivity contribution in [3.8, 4) is 11.4 Å². The van der Waals surface area contributed by atoms with E-state index in [4.69, 9.17) is 4.52 Å². The quantitative estimate of drug-likeness (QED) is 0.883. The van der Waals surface area contributed by atoms with Gasteiger partial charge in [0, 0.05) is 10.9 Å². The summed E-state index contributed by atoms with van der Waals surface area (Å²) in [6.07, 6.45) is 2.39. The highest BCUT2D eigenvalue weighted by atomic mass is 32.1. The van der Waals surface area contributed by atoms with Gasteiger partial charge in [0.1, 0.15) is 0 Å². The van der Waals surface area contributed by atoms with Crippen LogP contribution in [0.15, 0.2) is 21.3 Å². The lowest BCUT2D eigenvalue weighted by molar-refractivity contribution is 0.140. The SMILES string of the molecule is OC(Cc1nc(-c2ccsc2)no1)C1CC1. The van der Waals surface area contributed by atoms with Gasteiger partial charge in [-0.05, 0) is 30.2 Å². The Hall–Kier alpha value is -1.20. The normalized spacial score (nSPS) is 17.6. The van der Waals surface area contributed by atoms with Gasteiger partial charge in [-0.15, -0.1) is 0 Å². The van der Waals surface area contributed by atoms with Crippen LogP contribution in [-0.4, -0.2) is 21.4 Å². The highest BCUT2D eigenvalue weighted by Gasteiger charge is 2.31. The second-order valence-electron chi connectivity index (χ2n) is 4.13. The third-order valence-corrected chi connectivity index (χ3v) is 3.48. The predicted molar refractivity (Wildman–Crippen MR) is 60.0 cm³/mol. The first-order valence-corrected chi connectivity index (χ1v) is 6.30. The van der Waals surface area contributed by atoms with Gasteiger partial charge < -0.3 is 9.63 Å². The molecule has 2 aromatic heterocycles. The second-order valence-corrected chi connectivity index (χ2v) is 4.91. The van der Waals surface area contributed by atoms with E-state index in [1.807, 2.05) is 16.8 Å². The summed E-state index contributed by atoms with van der Waals surface area (Å²) in [4.78, 5) is 4.27. The van der Waals surface area contributed by atoms with Crippen LogP contribution in [0.1, 0.15) is 18.7 Å². The summed E-state index contributed by atoms with van der Waals surface area (Å²) in [5.41, 5.74) is 0.973. The van der Waals surface area contributed by atoms with Crippen LogP contribution < -0.4 is 0 Å². The van der Waals surface area contributed by atoms with Gasteiger partial charge in [-0.2, -0.15) is 16.3 Å². The number of nitrogens with zero attached hydrogens (tertiary/aromatic N) is 2. The highest BCUT2D eigenvalue weighted by molar-refractivity contribution is 7.08. The van der Waals surface area contributed by atoms with Gasteiger partial charge >= 0.3 is 0 Å². The minimum Gasteiger partial charge on any atom is -0.392 e. The van der Waals surface area contributed by atoms with Gasteiger partial charge in [-0.3, -0.25) is 0 Å². The van der Waals surface area contributed by atoms with E-state index >= 15 is 0 Å². The number of thiophene rings is 1. The van der Waals surface area contributed by atoms with Crippen molar-refractivity contribution in [1.29, 1.82) is 0 Å². The van der Waals surface area contributed by atoms with Crippen molar-refractivity contribution in [2.24, 2.45) is 5.92 Å². The van der Waals surface area contributed by atoms with Crippen molar-refractivity contribution < 1.29 is 9.63 Å². The topological polar surface area (TPSA) is 59.2 Å². The molecule has 1 aliphatic rings. The minimum atomic E-state index is -0.323. The maximum absolute atomic E-state index is 9.76. The average molecular weight is 236 g/mol. The molecule has 3 rings (SSSR count). The van der Waals surface area contributed by atoms with Crippen molar-refractivity contribution in [2.45, 2.75) is 25.4 Å². The van der Waals surface area contributed by atoms with E-state index in [1.165, 1.54) is 0 Å². The minimum absolute atomic E-state index is 0.323. The van der Waals surface area contributed by atoms with E-state index in [9.17, 15) is 5.11 Å². The molecule has 1 N–H and O–H groups in total. The van der Waals surface area contributed by atoms with E-state index in [2.05, 4.69) is 10.1 Å². The number of hydrogen-bond acceptors (Lipinski definition) is 5. The molecule has 0 radical (unpaired) electrons. The van der Waals surface area contributed by atoms with Crippen molar-refractivity contribution >= 4 is 11.3 Å². The summed E-state index contributed by atoms with van der Waals surface area (Å²) in [5, 5.41) is 17.6. The molecule has 0 spiro atoms. The Labute approximate surface area is 96.9 Å². The molecular weight excluding hydrogens is 224 g/mol. The molecule has 16 heavy (non-hydrogen) atoms. The van der Waals surface area contributed by atoms with Crippen LogP contribution in [0.2, 0.25) is 0 Å². The van der Waals surface area contributed by atoms with Crippen LogP contribution in [-0.2, 0) is 6.42 Å². The standard InChI is InChI=1S/C11H12N2O2S/c14-9(7-1-2-7)5-10-12-11(13-15-10)8-3-4-16-6-8/h3-4,6-7,9,14H,1-2,5H2. The maximum atomic E-state index is 9.76. The number of aromatic nitrogens is 2. The molecule has 0 aliphatic heterocycles. The lowest BCUT2D eigenvalue weighted by atomic mass is 10.2. The molecular formula is C11H12N2O2S.